The molecule has 7 heteroatoms. The third kappa shape index (κ3) is 4.97. The van der Waals surface area contributed by atoms with Crippen LogP contribution in [0.3, 0.4) is 0 Å². The molecule has 1 N–H and O–H groups in total. The minimum atomic E-state index is -0.251. The molecule has 2 aromatic rings. The predicted molar refractivity (Wildman–Crippen MR) is 105 cm³/mol. The second-order valence-corrected chi connectivity index (χ2v) is 6.26. The van der Waals surface area contributed by atoms with Gasteiger partial charge in [-0.1, -0.05) is 6.07 Å². The second kappa shape index (κ2) is 9.02. The van der Waals surface area contributed by atoms with Gasteiger partial charge in [-0.15, -0.1) is 0 Å². The number of anilines is 2. The molecular formula is C20H24N4O3. The molecule has 1 aliphatic heterocycles. The van der Waals surface area contributed by atoms with E-state index in [9.17, 15) is 4.79 Å². The summed E-state index contributed by atoms with van der Waals surface area (Å²) in [4.78, 5) is 23.0. The molecule has 0 atom stereocenters. The first-order chi connectivity index (χ1) is 13.2. The normalized spacial score (nSPS) is 14.2. The third-order valence-corrected chi connectivity index (χ3v) is 4.38. The summed E-state index contributed by atoms with van der Waals surface area (Å²) in [6, 6.07) is 5.45. The molecule has 1 amide bonds. The van der Waals surface area contributed by atoms with Crippen molar-refractivity contribution in [2.45, 2.75) is 19.3 Å². The first-order valence-corrected chi connectivity index (χ1v) is 8.97. The number of methoxy groups -OCH3 is 2. The molecule has 7 nitrogen and oxygen atoms in total. The Kier molecular flexibility index (Phi) is 6.25. The molecule has 27 heavy (non-hydrogen) atoms. The lowest BCUT2D eigenvalue weighted by atomic mass is 10.1. The topological polar surface area (TPSA) is 76.6 Å². The molecule has 1 aromatic carbocycles. The van der Waals surface area contributed by atoms with Crippen molar-refractivity contribution in [1.29, 1.82) is 0 Å². The standard InChI is InChI=1S/C20H24N4O3/c1-26-17-8-6-15(12-18(17)27-2)7-9-19(25)23-16-13-21-20(22-14-16)24-10-4-3-5-11-24/h6-9,12-14H,3-5,10-11H2,1-2H3,(H,23,25)/b9-7+. The van der Waals surface area contributed by atoms with Crippen LogP contribution in [0.15, 0.2) is 36.7 Å². The molecule has 0 saturated carbocycles. The van der Waals surface area contributed by atoms with Gasteiger partial charge in [0.05, 0.1) is 32.3 Å². The van der Waals surface area contributed by atoms with E-state index in [1.54, 1.807) is 44.8 Å². The highest BCUT2D eigenvalue weighted by atomic mass is 16.5. The number of rotatable bonds is 6. The zero-order valence-corrected chi connectivity index (χ0v) is 15.6. The summed E-state index contributed by atoms with van der Waals surface area (Å²) >= 11 is 0. The minimum Gasteiger partial charge on any atom is -0.493 e. The van der Waals surface area contributed by atoms with Crippen molar-refractivity contribution >= 4 is 23.6 Å². The summed E-state index contributed by atoms with van der Waals surface area (Å²) in [6.45, 7) is 1.97. The Hall–Kier alpha value is -3.09. The SMILES string of the molecule is COc1ccc(/C=C/C(=O)Nc2cnc(N3CCCCC3)nc2)cc1OC. The van der Waals surface area contributed by atoms with Gasteiger partial charge in [-0.05, 0) is 43.0 Å². The number of aromatic nitrogens is 2. The fourth-order valence-corrected chi connectivity index (χ4v) is 2.96. The number of amides is 1. The Morgan fingerprint density at radius 3 is 2.44 bits per heavy atom. The zero-order chi connectivity index (χ0) is 19.1. The van der Waals surface area contributed by atoms with Crippen LogP contribution in [0.1, 0.15) is 24.8 Å². The van der Waals surface area contributed by atoms with E-state index in [0.717, 1.165) is 18.7 Å². The number of ether oxygens (including phenoxy) is 2. The van der Waals surface area contributed by atoms with Crippen LogP contribution < -0.4 is 19.7 Å². The number of benzene rings is 1. The van der Waals surface area contributed by atoms with Crippen molar-refractivity contribution in [3.63, 3.8) is 0 Å². The van der Waals surface area contributed by atoms with Crippen molar-refractivity contribution in [2.24, 2.45) is 0 Å². The van der Waals surface area contributed by atoms with Gasteiger partial charge >= 0.3 is 0 Å². The number of carbonyl (C=O) groups excluding carboxylic acids is 1. The fraction of sp³-hybridized carbons (Fsp3) is 0.350. The highest BCUT2D eigenvalue weighted by Gasteiger charge is 2.13. The van der Waals surface area contributed by atoms with Crippen molar-refractivity contribution in [3.8, 4) is 11.5 Å². The van der Waals surface area contributed by atoms with E-state index >= 15 is 0 Å². The molecule has 0 spiro atoms. The molecule has 0 unspecified atom stereocenters. The van der Waals surface area contributed by atoms with Crippen molar-refractivity contribution in [3.05, 3.63) is 42.2 Å². The molecular weight excluding hydrogens is 344 g/mol. The van der Waals surface area contributed by atoms with Crippen molar-refractivity contribution < 1.29 is 14.3 Å². The lowest BCUT2D eigenvalue weighted by molar-refractivity contribution is -0.111. The van der Waals surface area contributed by atoms with E-state index in [0.29, 0.717) is 23.1 Å². The van der Waals surface area contributed by atoms with Gasteiger partial charge in [-0.3, -0.25) is 4.79 Å². The van der Waals surface area contributed by atoms with E-state index in [4.69, 9.17) is 9.47 Å². The Balaban J connectivity index is 1.59. The molecule has 0 aliphatic carbocycles. The summed E-state index contributed by atoms with van der Waals surface area (Å²) in [7, 11) is 3.16. The second-order valence-electron chi connectivity index (χ2n) is 6.26. The molecule has 1 aliphatic rings. The van der Waals surface area contributed by atoms with E-state index in [-0.39, 0.29) is 5.91 Å². The highest BCUT2D eigenvalue weighted by molar-refractivity contribution is 6.01. The van der Waals surface area contributed by atoms with E-state index < -0.39 is 0 Å². The fourth-order valence-electron chi connectivity index (χ4n) is 2.96. The van der Waals surface area contributed by atoms with Crippen LogP contribution in [0.4, 0.5) is 11.6 Å². The summed E-state index contributed by atoms with van der Waals surface area (Å²) in [5.41, 5.74) is 1.40. The van der Waals surface area contributed by atoms with Gasteiger partial charge in [-0.2, -0.15) is 0 Å². The van der Waals surface area contributed by atoms with Crippen LogP contribution in [0.5, 0.6) is 11.5 Å². The van der Waals surface area contributed by atoms with Gasteiger partial charge < -0.3 is 19.7 Å². The van der Waals surface area contributed by atoms with Crippen molar-refractivity contribution in [1.82, 2.24) is 9.97 Å². The maximum atomic E-state index is 12.1. The first-order valence-electron chi connectivity index (χ1n) is 8.97. The van der Waals surface area contributed by atoms with Gasteiger partial charge in [0.2, 0.25) is 11.9 Å². The summed E-state index contributed by atoms with van der Waals surface area (Å²) in [5.74, 6) is 1.72. The Morgan fingerprint density at radius 2 is 1.78 bits per heavy atom. The monoisotopic (exact) mass is 368 g/mol. The smallest absolute Gasteiger partial charge is 0.248 e. The summed E-state index contributed by atoms with van der Waals surface area (Å²) in [6.07, 6.45) is 10.0. The maximum Gasteiger partial charge on any atom is 0.248 e. The Labute approximate surface area is 159 Å². The Morgan fingerprint density at radius 1 is 1.07 bits per heavy atom. The van der Waals surface area contributed by atoms with Crippen LogP contribution in [0.25, 0.3) is 6.08 Å². The first kappa shape index (κ1) is 18.7. The maximum absolute atomic E-state index is 12.1. The van der Waals surface area contributed by atoms with Gasteiger partial charge in [-0.25, -0.2) is 9.97 Å². The zero-order valence-electron chi connectivity index (χ0n) is 15.6. The lowest BCUT2D eigenvalue weighted by Gasteiger charge is -2.26. The highest BCUT2D eigenvalue weighted by Crippen LogP contribution is 2.28. The number of hydrogen-bond donors (Lipinski definition) is 1. The molecule has 142 valence electrons. The van der Waals surface area contributed by atoms with Crippen LogP contribution in [-0.2, 0) is 4.79 Å². The van der Waals surface area contributed by atoms with Gasteiger partial charge in [0.1, 0.15) is 0 Å². The number of hydrogen-bond acceptors (Lipinski definition) is 6. The molecule has 3 rings (SSSR count). The van der Waals surface area contributed by atoms with Crippen LogP contribution in [-0.4, -0.2) is 43.2 Å². The molecule has 2 heterocycles. The minimum absolute atomic E-state index is 0.251. The molecule has 0 radical (unpaired) electrons. The van der Waals surface area contributed by atoms with E-state index in [1.165, 1.54) is 25.3 Å². The lowest BCUT2D eigenvalue weighted by Crippen LogP contribution is -2.30. The number of nitrogens with zero attached hydrogens (tertiary/aromatic N) is 3. The van der Waals surface area contributed by atoms with Crippen LogP contribution >= 0.6 is 0 Å². The molecule has 1 aromatic heterocycles. The van der Waals surface area contributed by atoms with Gasteiger partial charge in [0, 0.05) is 19.2 Å². The average Bonchev–Trinajstić information content (AvgIpc) is 2.73. The molecule has 1 fully saturated rings. The number of carbonyl (C=O) groups is 1. The molecule has 1 saturated heterocycles. The summed E-state index contributed by atoms with van der Waals surface area (Å²) in [5, 5.41) is 2.77. The predicted octanol–water partition coefficient (Wildman–Crippen LogP) is 3.14. The Bertz CT molecular complexity index is 799. The number of piperidine rings is 1. The molecule has 0 bridgehead atoms. The van der Waals surface area contributed by atoms with E-state index in [2.05, 4.69) is 20.2 Å². The third-order valence-electron chi connectivity index (χ3n) is 4.38. The van der Waals surface area contributed by atoms with Gasteiger partial charge in [0.25, 0.3) is 0 Å². The van der Waals surface area contributed by atoms with E-state index in [1.807, 2.05) is 6.07 Å². The number of nitrogens with one attached hydrogen (secondary N) is 1. The summed E-state index contributed by atoms with van der Waals surface area (Å²) < 4.78 is 10.5. The quantitative estimate of drug-likeness (QED) is 0.790. The van der Waals surface area contributed by atoms with Gasteiger partial charge in [0.15, 0.2) is 11.5 Å². The van der Waals surface area contributed by atoms with Crippen LogP contribution in [0, 0.1) is 0 Å². The largest absolute Gasteiger partial charge is 0.493 e. The van der Waals surface area contributed by atoms with Crippen molar-refractivity contribution in [2.75, 3.05) is 37.5 Å². The van der Waals surface area contributed by atoms with Crippen LogP contribution in [0.2, 0.25) is 0 Å². The average molecular weight is 368 g/mol.